The van der Waals surface area contributed by atoms with E-state index < -0.39 is 10.8 Å². The van der Waals surface area contributed by atoms with E-state index >= 15 is 0 Å². The van der Waals surface area contributed by atoms with Crippen molar-refractivity contribution in [3.8, 4) is 0 Å². The Morgan fingerprint density at radius 3 is 2.67 bits per heavy atom. The Balaban J connectivity index is 3.27. The standard InChI is InChI=1S/C8H7ClN2O4/c1-10(13)8(12)5-3-2-4-6(7(5)9)11(14)15/h2-4,13H,1H3. The van der Waals surface area contributed by atoms with Gasteiger partial charge in [-0.1, -0.05) is 17.7 Å². The van der Waals surface area contributed by atoms with E-state index in [0.29, 0.717) is 5.06 Å². The molecule has 1 amide bonds. The van der Waals surface area contributed by atoms with Crippen molar-refractivity contribution in [2.24, 2.45) is 0 Å². The molecule has 0 saturated heterocycles. The van der Waals surface area contributed by atoms with Crippen LogP contribution in [-0.4, -0.2) is 28.1 Å². The van der Waals surface area contributed by atoms with Crippen LogP contribution in [0.3, 0.4) is 0 Å². The van der Waals surface area contributed by atoms with Crippen LogP contribution >= 0.6 is 11.6 Å². The van der Waals surface area contributed by atoms with E-state index in [1.165, 1.54) is 18.2 Å². The highest BCUT2D eigenvalue weighted by atomic mass is 35.5. The number of nitrogens with zero attached hydrogens (tertiary/aromatic N) is 2. The number of carbonyl (C=O) groups is 1. The van der Waals surface area contributed by atoms with E-state index in [0.717, 1.165) is 7.05 Å². The predicted molar refractivity (Wildman–Crippen MR) is 52.0 cm³/mol. The Morgan fingerprint density at radius 2 is 2.20 bits per heavy atom. The first kappa shape index (κ1) is 11.4. The molecule has 7 heteroatoms. The predicted octanol–water partition coefficient (Wildman–Crippen LogP) is 1.71. The normalized spacial score (nSPS) is 9.80. The summed E-state index contributed by atoms with van der Waals surface area (Å²) in [4.78, 5) is 21.1. The number of benzene rings is 1. The van der Waals surface area contributed by atoms with Gasteiger partial charge in [0, 0.05) is 13.1 Å². The molecular formula is C8H7ClN2O4. The highest BCUT2D eigenvalue weighted by molar-refractivity contribution is 6.35. The summed E-state index contributed by atoms with van der Waals surface area (Å²) in [5, 5.41) is 19.4. The van der Waals surface area contributed by atoms with Crippen molar-refractivity contribution in [3.63, 3.8) is 0 Å². The number of nitro groups is 1. The van der Waals surface area contributed by atoms with Gasteiger partial charge in [0.2, 0.25) is 0 Å². The van der Waals surface area contributed by atoms with E-state index in [-0.39, 0.29) is 16.3 Å². The van der Waals surface area contributed by atoms with Crippen LogP contribution in [0.15, 0.2) is 18.2 Å². The summed E-state index contributed by atoms with van der Waals surface area (Å²) in [6.45, 7) is 0. The zero-order chi connectivity index (χ0) is 11.6. The van der Waals surface area contributed by atoms with Crippen molar-refractivity contribution in [2.75, 3.05) is 7.05 Å². The summed E-state index contributed by atoms with van der Waals surface area (Å²) in [6, 6.07) is 3.79. The molecule has 0 aliphatic heterocycles. The average Bonchev–Trinajstić information content (AvgIpc) is 2.16. The molecule has 1 N–H and O–H groups in total. The molecule has 15 heavy (non-hydrogen) atoms. The third-order valence-corrected chi connectivity index (χ3v) is 2.10. The number of rotatable bonds is 2. The molecule has 0 saturated carbocycles. The number of hydroxylamine groups is 2. The number of halogens is 1. The molecule has 0 radical (unpaired) electrons. The van der Waals surface area contributed by atoms with Gasteiger partial charge in [-0.05, 0) is 6.07 Å². The van der Waals surface area contributed by atoms with Gasteiger partial charge in [0.1, 0.15) is 5.02 Å². The van der Waals surface area contributed by atoms with Gasteiger partial charge in [-0.3, -0.25) is 20.1 Å². The van der Waals surface area contributed by atoms with E-state index in [1.807, 2.05) is 0 Å². The molecule has 1 rings (SSSR count). The van der Waals surface area contributed by atoms with E-state index in [9.17, 15) is 14.9 Å². The molecule has 0 aliphatic carbocycles. The lowest BCUT2D eigenvalue weighted by molar-refractivity contribution is -0.384. The summed E-state index contributed by atoms with van der Waals surface area (Å²) >= 11 is 5.64. The monoisotopic (exact) mass is 230 g/mol. The number of nitro benzene ring substituents is 1. The first-order valence-corrected chi connectivity index (χ1v) is 4.22. The highest BCUT2D eigenvalue weighted by Crippen LogP contribution is 2.28. The zero-order valence-corrected chi connectivity index (χ0v) is 8.43. The zero-order valence-electron chi connectivity index (χ0n) is 7.68. The van der Waals surface area contributed by atoms with Gasteiger partial charge in [-0.25, -0.2) is 5.06 Å². The van der Waals surface area contributed by atoms with E-state index in [1.54, 1.807) is 0 Å². The molecule has 0 unspecified atom stereocenters. The summed E-state index contributed by atoms with van der Waals surface area (Å²) in [5.74, 6) is -0.802. The van der Waals surface area contributed by atoms with Gasteiger partial charge >= 0.3 is 0 Å². The third-order valence-electron chi connectivity index (χ3n) is 1.70. The lowest BCUT2D eigenvalue weighted by Gasteiger charge is -2.09. The van der Waals surface area contributed by atoms with Gasteiger partial charge in [-0.2, -0.15) is 0 Å². The molecule has 0 bridgehead atoms. The van der Waals surface area contributed by atoms with Gasteiger partial charge < -0.3 is 0 Å². The Kier molecular flexibility index (Phi) is 3.23. The van der Waals surface area contributed by atoms with Gasteiger partial charge in [0.25, 0.3) is 11.6 Å². The molecule has 0 atom stereocenters. The maximum atomic E-state index is 11.3. The molecule has 0 spiro atoms. The molecular weight excluding hydrogens is 224 g/mol. The van der Waals surface area contributed by atoms with Crippen molar-refractivity contribution in [2.45, 2.75) is 0 Å². The lowest BCUT2D eigenvalue weighted by Crippen LogP contribution is -2.22. The topological polar surface area (TPSA) is 83.7 Å². The van der Waals surface area contributed by atoms with Crippen molar-refractivity contribution in [3.05, 3.63) is 38.9 Å². The molecule has 80 valence electrons. The first-order chi connectivity index (χ1) is 6.95. The Labute approximate surface area is 89.8 Å². The number of amides is 1. The van der Waals surface area contributed by atoms with Crippen molar-refractivity contribution in [1.29, 1.82) is 0 Å². The highest BCUT2D eigenvalue weighted by Gasteiger charge is 2.21. The largest absolute Gasteiger partial charge is 0.288 e. The molecule has 0 aliphatic rings. The fraction of sp³-hybridized carbons (Fsp3) is 0.125. The van der Waals surface area contributed by atoms with Crippen LogP contribution < -0.4 is 0 Å². The number of hydrogen-bond acceptors (Lipinski definition) is 4. The van der Waals surface area contributed by atoms with Crippen molar-refractivity contribution >= 4 is 23.2 Å². The molecule has 0 heterocycles. The fourth-order valence-electron chi connectivity index (χ4n) is 1.00. The van der Waals surface area contributed by atoms with E-state index in [4.69, 9.17) is 16.8 Å². The molecule has 0 aromatic heterocycles. The minimum absolute atomic E-state index is 0.115. The number of carbonyl (C=O) groups excluding carboxylic acids is 1. The smallest absolute Gasteiger partial charge is 0.286 e. The third kappa shape index (κ3) is 2.23. The summed E-state index contributed by atoms with van der Waals surface area (Å²) in [5.41, 5.74) is -0.486. The Morgan fingerprint density at radius 1 is 1.60 bits per heavy atom. The first-order valence-electron chi connectivity index (χ1n) is 3.85. The van der Waals surface area contributed by atoms with Gasteiger partial charge in [0.15, 0.2) is 0 Å². The summed E-state index contributed by atoms with van der Waals surface area (Å²) in [7, 11) is 1.11. The summed E-state index contributed by atoms with van der Waals surface area (Å²) < 4.78 is 0. The van der Waals surface area contributed by atoms with Crippen LogP contribution in [0.2, 0.25) is 5.02 Å². The molecule has 1 aromatic carbocycles. The van der Waals surface area contributed by atoms with Crippen LogP contribution in [-0.2, 0) is 0 Å². The van der Waals surface area contributed by atoms with Crippen LogP contribution in [0.1, 0.15) is 10.4 Å². The fourth-order valence-corrected chi connectivity index (χ4v) is 1.28. The van der Waals surface area contributed by atoms with Gasteiger partial charge in [-0.15, -0.1) is 0 Å². The molecule has 0 fully saturated rings. The van der Waals surface area contributed by atoms with Crippen LogP contribution in [0.25, 0.3) is 0 Å². The Hall–Kier alpha value is -1.66. The second kappa shape index (κ2) is 4.24. The lowest BCUT2D eigenvalue weighted by atomic mass is 10.2. The quantitative estimate of drug-likeness (QED) is 0.476. The van der Waals surface area contributed by atoms with Crippen LogP contribution in [0.4, 0.5) is 5.69 Å². The molecule has 1 aromatic rings. The SMILES string of the molecule is CN(O)C(=O)c1cccc([N+](=O)[O-])c1Cl. The maximum Gasteiger partial charge on any atom is 0.288 e. The Bertz CT molecular complexity index is 419. The van der Waals surface area contributed by atoms with E-state index in [2.05, 4.69) is 0 Å². The molecule has 6 nitrogen and oxygen atoms in total. The second-order valence-electron chi connectivity index (χ2n) is 2.72. The van der Waals surface area contributed by atoms with Gasteiger partial charge in [0.05, 0.1) is 10.5 Å². The average molecular weight is 231 g/mol. The summed E-state index contributed by atoms with van der Waals surface area (Å²) in [6.07, 6.45) is 0. The van der Waals surface area contributed by atoms with Crippen molar-refractivity contribution in [1.82, 2.24) is 5.06 Å². The minimum Gasteiger partial charge on any atom is -0.286 e. The number of hydrogen-bond donors (Lipinski definition) is 1. The van der Waals surface area contributed by atoms with Crippen molar-refractivity contribution < 1.29 is 14.9 Å². The van der Waals surface area contributed by atoms with Crippen LogP contribution in [0.5, 0.6) is 0 Å². The second-order valence-corrected chi connectivity index (χ2v) is 3.10. The minimum atomic E-state index is -0.802. The maximum absolute atomic E-state index is 11.3. The van der Waals surface area contributed by atoms with Crippen LogP contribution in [0, 0.1) is 10.1 Å².